The van der Waals surface area contributed by atoms with Crippen LogP contribution < -0.4 is 5.32 Å². The van der Waals surface area contributed by atoms with Crippen LogP contribution in [0.2, 0.25) is 0 Å². The van der Waals surface area contributed by atoms with Gasteiger partial charge in [-0.2, -0.15) is 0 Å². The molecule has 1 rings (SSSR count). The topological polar surface area (TPSA) is 24.5 Å². The number of hydrogen-bond donors (Lipinski definition) is 1. The predicted octanol–water partition coefficient (Wildman–Crippen LogP) is 1.73. The molecule has 1 N–H and O–H groups in total. The second-order valence-electron chi connectivity index (χ2n) is 5.21. The molecule has 2 unspecified atom stereocenters. The van der Waals surface area contributed by atoms with Crippen molar-refractivity contribution in [1.29, 1.82) is 0 Å². The molecule has 3 heteroatoms. The minimum atomic E-state index is 0.526. The normalized spacial score (nSPS) is 24.2. The summed E-state index contributed by atoms with van der Waals surface area (Å²) in [7, 11) is 1.78. The van der Waals surface area contributed by atoms with E-state index in [2.05, 4.69) is 31.0 Å². The third-order valence-corrected chi connectivity index (χ3v) is 3.60. The zero-order chi connectivity index (χ0) is 12.0. The summed E-state index contributed by atoms with van der Waals surface area (Å²) < 4.78 is 5.20. The Morgan fingerprint density at radius 1 is 1.44 bits per heavy atom. The molecule has 16 heavy (non-hydrogen) atoms. The first kappa shape index (κ1) is 13.9. The second-order valence-corrected chi connectivity index (χ2v) is 5.21. The number of likely N-dealkylation sites (tertiary alicyclic amines) is 1. The summed E-state index contributed by atoms with van der Waals surface area (Å²) in [6.07, 6.45) is 2.49. The maximum absolute atomic E-state index is 5.20. The van der Waals surface area contributed by atoms with E-state index in [1.54, 1.807) is 7.11 Å². The minimum Gasteiger partial charge on any atom is -0.383 e. The highest BCUT2D eigenvalue weighted by Gasteiger charge is 2.24. The molecule has 0 aromatic rings. The SMILES string of the molecule is CCC(COC)NCC1CCN(C(C)C)C1. The Hall–Kier alpha value is -0.120. The van der Waals surface area contributed by atoms with E-state index < -0.39 is 0 Å². The van der Waals surface area contributed by atoms with Crippen molar-refractivity contribution < 1.29 is 4.74 Å². The Morgan fingerprint density at radius 3 is 2.69 bits per heavy atom. The van der Waals surface area contributed by atoms with E-state index in [-0.39, 0.29) is 0 Å². The third-order valence-electron chi connectivity index (χ3n) is 3.60. The van der Waals surface area contributed by atoms with Crippen molar-refractivity contribution in [3.63, 3.8) is 0 Å². The number of rotatable bonds is 7. The summed E-state index contributed by atoms with van der Waals surface area (Å²) in [5.41, 5.74) is 0. The van der Waals surface area contributed by atoms with Gasteiger partial charge in [0.15, 0.2) is 0 Å². The Kier molecular flexibility index (Phi) is 6.32. The van der Waals surface area contributed by atoms with E-state index in [0.717, 1.165) is 25.5 Å². The van der Waals surface area contributed by atoms with Gasteiger partial charge in [-0.1, -0.05) is 6.92 Å². The number of hydrogen-bond acceptors (Lipinski definition) is 3. The van der Waals surface area contributed by atoms with Gasteiger partial charge in [-0.25, -0.2) is 0 Å². The molecule has 1 heterocycles. The first-order valence-corrected chi connectivity index (χ1v) is 6.63. The van der Waals surface area contributed by atoms with Crippen molar-refractivity contribution in [3.8, 4) is 0 Å². The lowest BCUT2D eigenvalue weighted by Crippen LogP contribution is -2.37. The van der Waals surface area contributed by atoms with Crippen molar-refractivity contribution in [2.45, 2.75) is 45.7 Å². The molecule has 0 aliphatic carbocycles. The number of ether oxygens (including phenoxy) is 1. The number of nitrogens with zero attached hydrogens (tertiary/aromatic N) is 1. The fraction of sp³-hybridized carbons (Fsp3) is 1.00. The maximum atomic E-state index is 5.20. The van der Waals surface area contributed by atoms with Crippen LogP contribution in [0.3, 0.4) is 0 Å². The summed E-state index contributed by atoms with van der Waals surface area (Å²) in [5.74, 6) is 0.827. The Balaban J connectivity index is 2.18. The van der Waals surface area contributed by atoms with Crippen molar-refractivity contribution in [2.24, 2.45) is 5.92 Å². The molecule has 0 aromatic carbocycles. The summed E-state index contributed by atoms with van der Waals surface area (Å²) in [5, 5.41) is 3.62. The van der Waals surface area contributed by atoms with E-state index in [1.807, 2.05) is 0 Å². The van der Waals surface area contributed by atoms with Crippen LogP contribution in [0.5, 0.6) is 0 Å². The molecule has 1 fully saturated rings. The van der Waals surface area contributed by atoms with Gasteiger partial charge in [-0.15, -0.1) is 0 Å². The molecule has 1 aliphatic heterocycles. The highest BCUT2D eigenvalue weighted by Crippen LogP contribution is 2.17. The van der Waals surface area contributed by atoms with Gasteiger partial charge < -0.3 is 15.0 Å². The van der Waals surface area contributed by atoms with Gasteiger partial charge in [-0.05, 0) is 45.7 Å². The first-order valence-electron chi connectivity index (χ1n) is 6.63. The lowest BCUT2D eigenvalue weighted by Gasteiger charge is -2.21. The summed E-state index contributed by atoms with van der Waals surface area (Å²) in [4.78, 5) is 2.57. The largest absolute Gasteiger partial charge is 0.383 e. The molecule has 0 aromatic heterocycles. The first-order chi connectivity index (χ1) is 7.67. The van der Waals surface area contributed by atoms with Gasteiger partial charge in [0.05, 0.1) is 6.61 Å². The molecule has 3 nitrogen and oxygen atoms in total. The van der Waals surface area contributed by atoms with E-state index in [4.69, 9.17) is 4.74 Å². The van der Waals surface area contributed by atoms with Gasteiger partial charge in [0.1, 0.15) is 0 Å². The van der Waals surface area contributed by atoms with Gasteiger partial charge in [0, 0.05) is 25.7 Å². The average molecular weight is 228 g/mol. The lowest BCUT2D eigenvalue weighted by atomic mass is 10.1. The van der Waals surface area contributed by atoms with Crippen LogP contribution in [0.4, 0.5) is 0 Å². The van der Waals surface area contributed by atoms with Gasteiger partial charge in [0.2, 0.25) is 0 Å². The zero-order valence-electron chi connectivity index (χ0n) is 11.3. The number of nitrogens with one attached hydrogen (secondary N) is 1. The van der Waals surface area contributed by atoms with E-state index in [0.29, 0.717) is 12.1 Å². The average Bonchev–Trinajstić information content (AvgIpc) is 2.73. The fourth-order valence-electron chi connectivity index (χ4n) is 2.35. The van der Waals surface area contributed by atoms with E-state index in [9.17, 15) is 0 Å². The van der Waals surface area contributed by atoms with Crippen molar-refractivity contribution in [2.75, 3.05) is 33.4 Å². The molecule has 0 radical (unpaired) electrons. The predicted molar refractivity (Wildman–Crippen MR) is 68.8 cm³/mol. The van der Waals surface area contributed by atoms with Gasteiger partial charge in [0.25, 0.3) is 0 Å². The summed E-state index contributed by atoms with van der Waals surface area (Å²) in [6, 6.07) is 1.23. The van der Waals surface area contributed by atoms with Crippen LogP contribution in [0, 0.1) is 5.92 Å². The molecule has 96 valence electrons. The monoisotopic (exact) mass is 228 g/mol. The standard InChI is InChI=1S/C13H28N2O/c1-5-13(10-16-4)14-8-12-6-7-15(9-12)11(2)3/h11-14H,5-10H2,1-4H3. The molecule has 0 amide bonds. The summed E-state index contributed by atoms with van der Waals surface area (Å²) >= 11 is 0. The molecular weight excluding hydrogens is 200 g/mol. The van der Waals surface area contributed by atoms with Crippen molar-refractivity contribution >= 4 is 0 Å². The van der Waals surface area contributed by atoms with Crippen LogP contribution in [0.15, 0.2) is 0 Å². The molecule has 0 bridgehead atoms. The van der Waals surface area contributed by atoms with Crippen LogP contribution in [0.25, 0.3) is 0 Å². The fourth-order valence-corrected chi connectivity index (χ4v) is 2.35. The quantitative estimate of drug-likeness (QED) is 0.718. The molecule has 0 spiro atoms. The molecule has 2 atom stereocenters. The van der Waals surface area contributed by atoms with E-state index >= 15 is 0 Å². The van der Waals surface area contributed by atoms with Crippen LogP contribution >= 0.6 is 0 Å². The zero-order valence-corrected chi connectivity index (χ0v) is 11.3. The molecule has 1 saturated heterocycles. The maximum Gasteiger partial charge on any atom is 0.0615 e. The Bertz CT molecular complexity index is 185. The molecular formula is C13H28N2O. The number of methoxy groups -OCH3 is 1. The Labute approximate surface area is 101 Å². The molecule has 0 saturated carbocycles. The lowest BCUT2D eigenvalue weighted by molar-refractivity contribution is 0.161. The highest BCUT2D eigenvalue weighted by atomic mass is 16.5. The second kappa shape index (κ2) is 7.25. The third kappa shape index (κ3) is 4.40. The summed E-state index contributed by atoms with van der Waals surface area (Å²) in [6.45, 7) is 11.3. The van der Waals surface area contributed by atoms with Crippen molar-refractivity contribution in [3.05, 3.63) is 0 Å². The highest BCUT2D eigenvalue weighted by molar-refractivity contribution is 4.80. The molecule has 1 aliphatic rings. The Morgan fingerprint density at radius 2 is 2.19 bits per heavy atom. The smallest absolute Gasteiger partial charge is 0.0615 e. The van der Waals surface area contributed by atoms with Crippen LogP contribution in [-0.4, -0.2) is 50.3 Å². The van der Waals surface area contributed by atoms with Gasteiger partial charge in [-0.3, -0.25) is 0 Å². The minimum absolute atomic E-state index is 0.526. The van der Waals surface area contributed by atoms with Crippen molar-refractivity contribution in [1.82, 2.24) is 10.2 Å². The van der Waals surface area contributed by atoms with Crippen LogP contribution in [-0.2, 0) is 4.74 Å². The van der Waals surface area contributed by atoms with Gasteiger partial charge >= 0.3 is 0 Å². The van der Waals surface area contributed by atoms with E-state index in [1.165, 1.54) is 19.5 Å². The van der Waals surface area contributed by atoms with Crippen LogP contribution in [0.1, 0.15) is 33.6 Å².